The standard InChI is InChI=1S/C23H31ClN6O/c1-25-22-18-10-13-30(14-19(18)27-21(28-22)16-8-11-26-12-9-16)23(31)20(29(2)3)15-4-6-17(24)7-5-15/h4-7,16,20,26H,8-14H2,1-3H3,(H,25,27,28)/t20-/m1/s1. The molecule has 0 bridgehead atoms. The van der Waals surface area contributed by atoms with Gasteiger partial charge in [-0.05, 0) is 64.1 Å². The Balaban J connectivity index is 1.60. The van der Waals surface area contributed by atoms with Gasteiger partial charge in [-0.3, -0.25) is 9.69 Å². The summed E-state index contributed by atoms with van der Waals surface area (Å²) in [6.45, 7) is 3.17. The molecule has 0 aliphatic carbocycles. The van der Waals surface area contributed by atoms with Gasteiger partial charge in [0, 0.05) is 30.1 Å². The number of aromatic nitrogens is 2. The highest BCUT2D eigenvalue weighted by Gasteiger charge is 2.32. The molecule has 166 valence electrons. The molecule has 1 saturated heterocycles. The zero-order chi connectivity index (χ0) is 22.0. The van der Waals surface area contributed by atoms with E-state index >= 15 is 0 Å². The molecule has 2 aliphatic rings. The minimum Gasteiger partial charge on any atom is -0.373 e. The Bertz CT molecular complexity index is 926. The molecule has 1 fully saturated rings. The van der Waals surface area contributed by atoms with Crippen molar-refractivity contribution in [3.05, 3.63) is 51.9 Å². The Labute approximate surface area is 189 Å². The van der Waals surface area contributed by atoms with Crippen LogP contribution in [0.4, 0.5) is 5.82 Å². The summed E-state index contributed by atoms with van der Waals surface area (Å²) < 4.78 is 0. The number of benzene rings is 1. The van der Waals surface area contributed by atoms with Crippen molar-refractivity contribution in [2.75, 3.05) is 46.1 Å². The zero-order valence-corrected chi connectivity index (χ0v) is 19.2. The van der Waals surface area contributed by atoms with Gasteiger partial charge in [-0.25, -0.2) is 9.97 Å². The maximum atomic E-state index is 13.6. The second kappa shape index (κ2) is 9.51. The van der Waals surface area contributed by atoms with E-state index in [1.54, 1.807) is 0 Å². The van der Waals surface area contributed by atoms with Crippen molar-refractivity contribution < 1.29 is 4.79 Å². The Kier molecular flexibility index (Phi) is 6.74. The van der Waals surface area contributed by atoms with Crippen LogP contribution >= 0.6 is 11.6 Å². The van der Waals surface area contributed by atoms with Crippen molar-refractivity contribution in [3.8, 4) is 0 Å². The predicted octanol–water partition coefficient (Wildman–Crippen LogP) is 2.83. The molecule has 7 nitrogen and oxygen atoms in total. The lowest BCUT2D eigenvalue weighted by Crippen LogP contribution is -2.43. The van der Waals surface area contributed by atoms with Crippen LogP contribution in [-0.4, -0.2) is 66.5 Å². The molecule has 2 N–H and O–H groups in total. The van der Waals surface area contributed by atoms with Crippen molar-refractivity contribution >= 4 is 23.3 Å². The number of rotatable bonds is 5. The van der Waals surface area contributed by atoms with Crippen molar-refractivity contribution in [2.45, 2.75) is 37.8 Å². The Hall–Kier alpha value is -2.22. The number of carbonyl (C=O) groups is 1. The maximum absolute atomic E-state index is 13.6. The van der Waals surface area contributed by atoms with Crippen LogP contribution in [0.1, 0.15) is 47.4 Å². The molecule has 0 radical (unpaired) electrons. The molecule has 1 aromatic carbocycles. The fourth-order valence-corrected chi connectivity index (χ4v) is 4.71. The molecule has 1 aromatic heterocycles. The highest BCUT2D eigenvalue weighted by molar-refractivity contribution is 6.30. The van der Waals surface area contributed by atoms with Gasteiger partial charge in [-0.15, -0.1) is 0 Å². The molecule has 3 heterocycles. The van der Waals surface area contributed by atoms with Gasteiger partial charge in [-0.1, -0.05) is 23.7 Å². The third-order valence-corrected chi connectivity index (χ3v) is 6.52. The van der Waals surface area contributed by atoms with E-state index in [2.05, 4.69) is 10.6 Å². The molecule has 0 unspecified atom stereocenters. The summed E-state index contributed by atoms with van der Waals surface area (Å²) >= 11 is 6.05. The van der Waals surface area contributed by atoms with E-state index in [0.29, 0.717) is 24.0 Å². The number of hydrogen-bond donors (Lipinski definition) is 2. The van der Waals surface area contributed by atoms with Crippen molar-refractivity contribution in [1.29, 1.82) is 0 Å². The molecule has 2 aliphatic heterocycles. The number of anilines is 1. The van der Waals surface area contributed by atoms with Crippen molar-refractivity contribution in [2.24, 2.45) is 0 Å². The normalized spacial score (nSPS) is 18.0. The van der Waals surface area contributed by atoms with Crippen LogP contribution in [0.25, 0.3) is 0 Å². The highest BCUT2D eigenvalue weighted by atomic mass is 35.5. The number of carbonyl (C=O) groups excluding carboxylic acids is 1. The van der Waals surface area contributed by atoms with Crippen LogP contribution in [0.3, 0.4) is 0 Å². The van der Waals surface area contributed by atoms with Crippen LogP contribution in [0, 0.1) is 0 Å². The van der Waals surface area contributed by atoms with E-state index in [1.807, 2.05) is 55.2 Å². The van der Waals surface area contributed by atoms with Crippen LogP contribution in [-0.2, 0) is 17.8 Å². The summed E-state index contributed by atoms with van der Waals surface area (Å²) in [7, 11) is 5.78. The van der Waals surface area contributed by atoms with Crippen LogP contribution in [0.15, 0.2) is 24.3 Å². The molecule has 0 spiro atoms. The summed E-state index contributed by atoms with van der Waals surface area (Å²) in [5.41, 5.74) is 3.05. The number of amides is 1. The van der Waals surface area contributed by atoms with Gasteiger partial charge >= 0.3 is 0 Å². The number of piperidine rings is 1. The van der Waals surface area contributed by atoms with Gasteiger partial charge in [0.25, 0.3) is 0 Å². The summed E-state index contributed by atoms with van der Waals surface area (Å²) in [5, 5.41) is 7.33. The van der Waals surface area contributed by atoms with E-state index in [0.717, 1.165) is 60.8 Å². The number of fused-ring (bicyclic) bond motifs is 1. The lowest BCUT2D eigenvalue weighted by atomic mass is 9.96. The second-order valence-electron chi connectivity index (χ2n) is 8.56. The zero-order valence-electron chi connectivity index (χ0n) is 18.5. The highest BCUT2D eigenvalue weighted by Crippen LogP contribution is 2.31. The average Bonchev–Trinajstić information content (AvgIpc) is 2.79. The third kappa shape index (κ3) is 4.68. The third-order valence-electron chi connectivity index (χ3n) is 6.27. The molecule has 1 amide bonds. The summed E-state index contributed by atoms with van der Waals surface area (Å²) in [4.78, 5) is 27.3. The van der Waals surface area contributed by atoms with Gasteiger partial charge in [0.1, 0.15) is 17.7 Å². The maximum Gasteiger partial charge on any atom is 0.244 e. The Morgan fingerprint density at radius 2 is 1.94 bits per heavy atom. The lowest BCUT2D eigenvalue weighted by molar-refractivity contribution is -0.137. The van der Waals surface area contributed by atoms with Gasteiger partial charge < -0.3 is 15.5 Å². The quantitative estimate of drug-likeness (QED) is 0.741. The topological polar surface area (TPSA) is 73.4 Å². The monoisotopic (exact) mass is 442 g/mol. The Morgan fingerprint density at radius 1 is 1.23 bits per heavy atom. The first kappa shape index (κ1) is 22.0. The minimum atomic E-state index is -0.353. The van der Waals surface area contributed by atoms with Gasteiger partial charge in [0.05, 0.1) is 12.2 Å². The van der Waals surface area contributed by atoms with Crippen molar-refractivity contribution in [3.63, 3.8) is 0 Å². The summed E-state index contributed by atoms with van der Waals surface area (Å²) in [5.74, 6) is 2.27. The SMILES string of the molecule is CNc1nc(C2CCNCC2)nc2c1CCN(C(=O)[C@@H](c1ccc(Cl)cc1)N(C)C)C2. The number of nitrogens with one attached hydrogen (secondary N) is 2. The first-order chi connectivity index (χ1) is 15.0. The van der Waals surface area contributed by atoms with Crippen LogP contribution in [0.2, 0.25) is 5.02 Å². The number of nitrogens with zero attached hydrogens (tertiary/aromatic N) is 4. The van der Waals surface area contributed by atoms with Gasteiger partial charge in [0.2, 0.25) is 5.91 Å². The number of halogens is 1. The summed E-state index contributed by atoms with van der Waals surface area (Å²) in [6, 6.07) is 7.18. The second-order valence-corrected chi connectivity index (χ2v) is 8.99. The molecule has 8 heteroatoms. The van der Waals surface area contributed by atoms with Crippen LogP contribution < -0.4 is 10.6 Å². The first-order valence-corrected chi connectivity index (χ1v) is 11.3. The van der Waals surface area contributed by atoms with E-state index in [9.17, 15) is 4.79 Å². The molecule has 31 heavy (non-hydrogen) atoms. The van der Waals surface area contributed by atoms with E-state index < -0.39 is 0 Å². The van der Waals surface area contributed by atoms with E-state index in [4.69, 9.17) is 21.6 Å². The van der Waals surface area contributed by atoms with Gasteiger partial charge in [-0.2, -0.15) is 0 Å². The molecule has 2 aromatic rings. The van der Waals surface area contributed by atoms with Gasteiger partial charge in [0.15, 0.2) is 0 Å². The number of likely N-dealkylation sites (N-methyl/N-ethyl adjacent to an activating group) is 1. The molecular weight excluding hydrogens is 412 g/mol. The van der Waals surface area contributed by atoms with Crippen molar-refractivity contribution in [1.82, 2.24) is 25.1 Å². The largest absolute Gasteiger partial charge is 0.373 e. The smallest absolute Gasteiger partial charge is 0.244 e. The number of hydrogen-bond acceptors (Lipinski definition) is 6. The molecule has 0 saturated carbocycles. The minimum absolute atomic E-state index is 0.0889. The lowest BCUT2D eigenvalue weighted by Gasteiger charge is -2.34. The predicted molar refractivity (Wildman–Crippen MR) is 123 cm³/mol. The molecule has 4 rings (SSSR count). The van der Waals surface area contributed by atoms with Crippen LogP contribution in [0.5, 0.6) is 0 Å². The van der Waals surface area contributed by atoms with E-state index in [-0.39, 0.29) is 11.9 Å². The fraction of sp³-hybridized carbons (Fsp3) is 0.522. The molecule has 1 atom stereocenters. The average molecular weight is 443 g/mol. The summed E-state index contributed by atoms with van der Waals surface area (Å²) in [6.07, 6.45) is 2.85. The molecular formula is C23H31ClN6O. The Morgan fingerprint density at radius 3 is 2.58 bits per heavy atom. The fourth-order valence-electron chi connectivity index (χ4n) is 4.59. The first-order valence-electron chi connectivity index (χ1n) is 11.0. The van der Waals surface area contributed by atoms with E-state index in [1.165, 1.54) is 0 Å².